The quantitative estimate of drug-likeness (QED) is 0.734. The first kappa shape index (κ1) is 12.0. The Morgan fingerprint density at radius 1 is 1.29 bits per heavy atom. The summed E-state index contributed by atoms with van der Waals surface area (Å²) in [5.74, 6) is 0.171. The van der Waals surface area contributed by atoms with Crippen LogP contribution in [0.2, 0.25) is 0 Å². The molecule has 0 radical (unpaired) electrons. The summed E-state index contributed by atoms with van der Waals surface area (Å²) in [5.41, 5.74) is -0.731. The minimum atomic E-state index is -0.609. The molecule has 0 aromatic rings. The van der Waals surface area contributed by atoms with E-state index in [0.717, 1.165) is 25.7 Å². The summed E-state index contributed by atoms with van der Waals surface area (Å²) < 4.78 is 0. The van der Waals surface area contributed by atoms with Crippen LogP contribution < -0.4 is 0 Å². The highest BCUT2D eigenvalue weighted by Gasteiger charge is 2.51. The zero-order valence-corrected chi connectivity index (χ0v) is 9.88. The average Bonchev–Trinajstić information content (AvgIpc) is 2.40. The largest absolute Gasteiger partial charge is 0.393 e. The fourth-order valence-corrected chi connectivity index (χ4v) is 2.85. The van der Waals surface area contributed by atoms with Gasteiger partial charge in [0.2, 0.25) is 0 Å². The van der Waals surface area contributed by atoms with Crippen LogP contribution in [-0.4, -0.2) is 21.9 Å². The maximum Gasteiger partial charge on any atom is 0.0676 e. The van der Waals surface area contributed by atoms with Crippen LogP contribution >= 0.6 is 0 Å². The first-order valence-corrected chi connectivity index (χ1v) is 5.75. The van der Waals surface area contributed by atoms with Crippen molar-refractivity contribution in [2.24, 2.45) is 11.3 Å². The molecule has 1 aliphatic carbocycles. The van der Waals surface area contributed by atoms with Gasteiger partial charge in [-0.25, -0.2) is 0 Å². The lowest BCUT2D eigenvalue weighted by Gasteiger charge is -2.43. The molecular formula is C12H24O2. The predicted molar refractivity (Wildman–Crippen MR) is 58.0 cm³/mol. The van der Waals surface area contributed by atoms with Crippen molar-refractivity contribution in [3.63, 3.8) is 0 Å². The van der Waals surface area contributed by atoms with E-state index in [2.05, 4.69) is 13.8 Å². The third kappa shape index (κ3) is 1.70. The molecule has 0 spiro atoms. The van der Waals surface area contributed by atoms with E-state index in [4.69, 9.17) is 0 Å². The van der Waals surface area contributed by atoms with E-state index in [-0.39, 0.29) is 17.4 Å². The second-order valence-corrected chi connectivity index (χ2v) is 5.31. The van der Waals surface area contributed by atoms with E-state index in [1.54, 1.807) is 0 Å². The summed E-state index contributed by atoms with van der Waals surface area (Å²) in [7, 11) is 0. The summed E-state index contributed by atoms with van der Waals surface area (Å²) in [5, 5.41) is 20.2. The Balaban J connectivity index is 2.83. The molecule has 2 nitrogen and oxygen atoms in total. The van der Waals surface area contributed by atoms with Crippen LogP contribution in [0.1, 0.15) is 53.4 Å². The van der Waals surface area contributed by atoms with Gasteiger partial charge in [-0.2, -0.15) is 0 Å². The van der Waals surface area contributed by atoms with Gasteiger partial charge in [-0.3, -0.25) is 0 Å². The molecule has 1 aliphatic rings. The Hall–Kier alpha value is -0.0800. The first-order chi connectivity index (χ1) is 6.35. The minimum Gasteiger partial charge on any atom is -0.393 e. The molecule has 4 unspecified atom stereocenters. The topological polar surface area (TPSA) is 40.5 Å². The van der Waals surface area contributed by atoms with Crippen molar-refractivity contribution in [1.82, 2.24) is 0 Å². The Morgan fingerprint density at radius 3 is 2.21 bits per heavy atom. The second kappa shape index (κ2) is 3.82. The van der Waals surface area contributed by atoms with E-state index >= 15 is 0 Å². The van der Waals surface area contributed by atoms with Crippen molar-refractivity contribution in [3.8, 4) is 0 Å². The van der Waals surface area contributed by atoms with Gasteiger partial charge in [0.25, 0.3) is 0 Å². The SMILES string of the molecule is CCC(O)C(C)C1(C)CCCC1(C)O. The van der Waals surface area contributed by atoms with Crippen molar-refractivity contribution in [2.45, 2.75) is 65.1 Å². The smallest absolute Gasteiger partial charge is 0.0676 e. The highest BCUT2D eigenvalue weighted by Crippen LogP contribution is 2.52. The Morgan fingerprint density at radius 2 is 1.86 bits per heavy atom. The zero-order chi connectivity index (χ0) is 11.0. The van der Waals surface area contributed by atoms with Crippen LogP contribution in [-0.2, 0) is 0 Å². The van der Waals surface area contributed by atoms with Gasteiger partial charge in [0.1, 0.15) is 0 Å². The van der Waals surface area contributed by atoms with E-state index < -0.39 is 5.60 Å². The van der Waals surface area contributed by atoms with Crippen LogP contribution in [0, 0.1) is 11.3 Å². The van der Waals surface area contributed by atoms with Crippen LogP contribution in [0.15, 0.2) is 0 Å². The van der Waals surface area contributed by atoms with Gasteiger partial charge in [0.05, 0.1) is 11.7 Å². The number of hydrogen-bond donors (Lipinski definition) is 2. The van der Waals surface area contributed by atoms with Gasteiger partial charge in [0, 0.05) is 5.41 Å². The minimum absolute atomic E-state index is 0.123. The molecule has 0 bridgehead atoms. The fourth-order valence-electron chi connectivity index (χ4n) is 2.85. The number of rotatable bonds is 3. The van der Waals surface area contributed by atoms with Gasteiger partial charge < -0.3 is 10.2 Å². The Labute approximate surface area is 87.3 Å². The normalized spacial score (nSPS) is 42.4. The second-order valence-electron chi connectivity index (χ2n) is 5.31. The molecule has 0 aromatic heterocycles. The summed E-state index contributed by atoms with van der Waals surface area (Å²) in [6, 6.07) is 0. The van der Waals surface area contributed by atoms with Crippen molar-refractivity contribution < 1.29 is 10.2 Å². The molecule has 1 rings (SSSR count). The lowest BCUT2D eigenvalue weighted by atomic mass is 9.66. The van der Waals surface area contributed by atoms with E-state index in [1.807, 2.05) is 13.8 Å². The first-order valence-electron chi connectivity index (χ1n) is 5.75. The number of hydrogen-bond acceptors (Lipinski definition) is 2. The fraction of sp³-hybridized carbons (Fsp3) is 1.00. The highest BCUT2D eigenvalue weighted by molar-refractivity contribution is 5.02. The summed E-state index contributed by atoms with van der Waals surface area (Å²) >= 11 is 0. The van der Waals surface area contributed by atoms with Crippen molar-refractivity contribution in [1.29, 1.82) is 0 Å². The van der Waals surface area contributed by atoms with E-state index in [1.165, 1.54) is 0 Å². The summed E-state index contributed by atoms with van der Waals surface area (Å²) in [4.78, 5) is 0. The van der Waals surface area contributed by atoms with Crippen LogP contribution in [0.4, 0.5) is 0 Å². The lowest BCUT2D eigenvalue weighted by Crippen LogP contribution is -2.47. The summed E-state index contributed by atoms with van der Waals surface area (Å²) in [6.07, 6.45) is 3.45. The van der Waals surface area contributed by atoms with Gasteiger partial charge >= 0.3 is 0 Å². The van der Waals surface area contributed by atoms with Crippen LogP contribution in [0.5, 0.6) is 0 Å². The molecule has 1 saturated carbocycles. The molecule has 14 heavy (non-hydrogen) atoms. The maximum absolute atomic E-state index is 10.3. The standard InChI is InChI=1S/C12H24O2/c1-5-10(13)9(2)11(3)7-6-8-12(11,4)14/h9-10,13-14H,5-8H2,1-4H3. The number of aliphatic hydroxyl groups is 2. The van der Waals surface area contributed by atoms with E-state index in [9.17, 15) is 10.2 Å². The van der Waals surface area contributed by atoms with Gasteiger partial charge in [0.15, 0.2) is 0 Å². The van der Waals surface area contributed by atoms with Crippen LogP contribution in [0.3, 0.4) is 0 Å². The van der Waals surface area contributed by atoms with Crippen LogP contribution in [0.25, 0.3) is 0 Å². The van der Waals surface area contributed by atoms with Gasteiger partial charge in [-0.05, 0) is 38.5 Å². The summed E-state index contributed by atoms with van der Waals surface area (Å²) in [6.45, 7) is 8.09. The van der Waals surface area contributed by atoms with Crippen molar-refractivity contribution in [3.05, 3.63) is 0 Å². The molecule has 0 aliphatic heterocycles. The Kier molecular flexibility index (Phi) is 3.27. The molecule has 0 saturated heterocycles. The molecule has 0 aromatic carbocycles. The van der Waals surface area contributed by atoms with Crippen molar-refractivity contribution in [2.75, 3.05) is 0 Å². The molecule has 2 heteroatoms. The third-order valence-electron chi connectivity index (χ3n) is 4.59. The molecule has 84 valence electrons. The third-order valence-corrected chi connectivity index (χ3v) is 4.59. The monoisotopic (exact) mass is 200 g/mol. The predicted octanol–water partition coefficient (Wildman–Crippen LogP) is 2.33. The molecule has 1 fully saturated rings. The molecule has 4 atom stereocenters. The molecular weight excluding hydrogens is 176 g/mol. The Bertz CT molecular complexity index is 200. The maximum atomic E-state index is 10.3. The van der Waals surface area contributed by atoms with Gasteiger partial charge in [-0.15, -0.1) is 0 Å². The lowest BCUT2D eigenvalue weighted by molar-refractivity contribution is -0.0953. The molecule has 2 N–H and O–H groups in total. The molecule has 0 amide bonds. The van der Waals surface area contributed by atoms with E-state index in [0.29, 0.717) is 0 Å². The molecule has 0 heterocycles. The highest BCUT2D eigenvalue weighted by atomic mass is 16.3. The zero-order valence-electron chi connectivity index (χ0n) is 9.88. The van der Waals surface area contributed by atoms with Gasteiger partial charge in [-0.1, -0.05) is 20.8 Å². The average molecular weight is 200 g/mol. The van der Waals surface area contributed by atoms with Crippen molar-refractivity contribution >= 4 is 0 Å². The number of aliphatic hydroxyl groups excluding tert-OH is 1.